The minimum Gasteiger partial charge on any atom is -0.381 e. The predicted molar refractivity (Wildman–Crippen MR) is 70.1 cm³/mol. The molecule has 0 aromatic carbocycles. The van der Waals surface area contributed by atoms with Gasteiger partial charge in [0.2, 0.25) is 0 Å². The van der Waals surface area contributed by atoms with Crippen LogP contribution in [-0.2, 0) is 11.3 Å². The van der Waals surface area contributed by atoms with Crippen molar-refractivity contribution in [1.29, 1.82) is 0 Å². The zero-order chi connectivity index (χ0) is 12.5. The molecule has 0 saturated heterocycles. The molecule has 98 valence electrons. The van der Waals surface area contributed by atoms with E-state index in [9.17, 15) is 0 Å². The van der Waals surface area contributed by atoms with Crippen molar-refractivity contribution in [3.63, 3.8) is 0 Å². The summed E-state index contributed by atoms with van der Waals surface area (Å²) in [5.41, 5.74) is 0. The molecule has 0 aliphatic heterocycles. The van der Waals surface area contributed by atoms with Crippen LogP contribution in [0.3, 0.4) is 0 Å². The number of nitrogens with zero attached hydrogens (tertiary/aromatic N) is 2. The Bertz CT molecular complexity index is 297. The highest BCUT2D eigenvalue weighted by Crippen LogP contribution is 1.94. The van der Waals surface area contributed by atoms with Crippen LogP contribution in [0.1, 0.15) is 26.1 Å². The number of aryl methyl sites for hydroxylation is 1. The molecule has 0 atom stereocenters. The van der Waals surface area contributed by atoms with E-state index in [2.05, 4.69) is 28.7 Å². The van der Waals surface area contributed by atoms with Gasteiger partial charge in [0.15, 0.2) is 0 Å². The Balaban J connectivity index is 1.90. The lowest BCUT2D eigenvalue weighted by Crippen LogP contribution is -2.22. The van der Waals surface area contributed by atoms with E-state index < -0.39 is 0 Å². The van der Waals surface area contributed by atoms with Gasteiger partial charge in [-0.1, -0.05) is 13.8 Å². The molecular formula is C13H25N3O. The molecule has 1 N–H and O–H groups in total. The highest BCUT2D eigenvalue weighted by Gasteiger charge is 1.96. The molecule has 1 aromatic heterocycles. The van der Waals surface area contributed by atoms with E-state index >= 15 is 0 Å². The maximum atomic E-state index is 5.51. The minimum absolute atomic E-state index is 0.632. The van der Waals surface area contributed by atoms with Crippen LogP contribution < -0.4 is 5.32 Å². The highest BCUT2D eigenvalue weighted by molar-refractivity contribution is 4.88. The topological polar surface area (TPSA) is 39.1 Å². The van der Waals surface area contributed by atoms with E-state index in [0.717, 1.165) is 45.1 Å². The van der Waals surface area contributed by atoms with E-state index in [4.69, 9.17) is 4.74 Å². The van der Waals surface area contributed by atoms with Crippen LogP contribution in [0.15, 0.2) is 12.4 Å². The molecule has 0 aliphatic carbocycles. The van der Waals surface area contributed by atoms with E-state index in [1.807, 2.05) is 19.3 Å². The third kappa shape index (κ3) is 6.44. The van der Waals surface area contributed by atoms with Crippen molar-refractivity contribution in [2.75, 3.05) is 26.3 Å². The first-order valence-electron chi connectivity index (χ1n) is 6.46. The molecule has 0 bridgehead atoms. The number of nitrogens with one attached hydrogen (secondary N) is 1. The monoisotopic (exact) mass is 239 g/mol. The first-order chi connectivity index (χ1) is 8.20. The Morgan fingerprint density at radius 2 is 2.24 bits per heavy atom. The van der Waals surface area contributed by atoms with Gasteiger partial charge in [-0.05, 0) is 25.8 Å². The summed E-state index contributed by atoms with van der Waals surface area (Å²) in [6.07, 6.45) is 4.94. The van der Waals surface area contributed by atoms with Gasteiger partial charge in [-0.2, -0.15) is 0 Å². The van der Waals surface area contributed by atoms with Gasteiger partial charge in [-0.25, -0.2) is 4.98 Å². The summed E-state index contributed by atoms with van der Waals surface area (Å²) in [5, 5.41) is 3.41. The zero-order valence-corrected chi connectivity index (χ0v) is 11.3. The summed E-state index contributed by atoms with van der Waals surface area (Å²) in [6, 6.07) is 0. The molecule has 0 spiro atoms. The van der Waals surface area contributed by atoms with E-state index in [0.29, 0.717) is 5.92 Å². The molecule has 4 nitrogen and oxygen atoms in total. The number of ether oxygens (including phenoxy) is 1. The number of imidazole rings is 1. The summed E-state index contributed by atoms with van der Waals surface area (Å²) < 4.78 is 7.67. The summed E-state index contributed by atoms with van der Waals surface area (Å²) in [7, 11) is 0. The second kappa shape index (κ2) is 8.25. The van der Waals surface area contributed by atoms with Crippen LogP contribution in [0.25, 0.3) is 0 Å². The smallest absolute Gasteiger partial charge is 0.105 e. The van der Waals surface area contributed by atoms with Gasteiger partial charge in [0.05, 0.1) is 0 Å². The second-order valence-electron chi connectivity index (χ2n) is 4.74. The molecule has 0 unspecified atom stereocenters. The van der Waals surface area contributed by atoms with Gasteiger partial charge >= 0.3 is 0 Å². The Morgan fingerprint density at radius 1 is 1.41 bits per heavy atom. The van der Waals surface area contributed by atoms with Gasteiger partial charge in [-0.15, -0.1) is 0 Å². The van der Waals surface area contributed by atoms with Gasteiger partial charge in [0.25, 0.3) is 0 Å². The lowest BCUT2D eigenvalue weighted by Gasteiger charge is -2.08. The fraction of sp³-hybridized carbons (Fsp3) is 0.769. The van der Waals surface area contributed by atoms with Crippen molar-refractivity contribution < 1.29 is 4.74 Å². The summed E-state index contributed by atoms with van der Waals surface area (Å²) in [5.74, 6) is 1.71. The quantitative estimate of drug-likeness (QED) is 0.668. The van der Waals surface area contributed by atoms with Gasteiger partial charge < -0.3 is 14.6 Å². The molecule has 0 saturated carbocycles. The van der Waals surface area contributed by atoms with Crippen LogP contribution in [0, 0.1) is 12.8 Å². The normalized spacial score (nSPS) is 11.3. The van der Waals surface area contributed by atoms with Crippen LogP contribution in [0.2, 0.25) is 0 Å². The van der Waals surface area contributed by atoms with Crippen LogP contribution >= 0.6 is 0 Å². The number of aromatic nitrogens is 2. The molecule has 0 fully saturated rings. The van der Waals surface area contributed by atoms with Crippen molar-refractivity contribution in [2.45, 2.75) is 33.7 Å². The summed E-state index contributed by atoms with van der Waals surface area (Å²) in [6.45, 7) is 11.1. The van der Waals surface area contributed by atoms with Gasteiger partial charge in [-0.3, -0.25) is 0 Å². The molecule has 0 radical (unpaired) electrons. The van der Waals surface area contributed by atoms with Crippen LogP contribution in [0.5, 0.6) is 0 Å². The average Bonchev–Trinajstić information content (AvgIpc) is 2.68. The average molecular weight is 239 g/mol. The SMILES string of the molecule is Cc1nccn1CCNCCCOCC(C)C. The largest absolute Gasteiger partial charge is 0.381 e. The van der Waals surface area contributed by atoms with Crippen molar-refractivity contribution in [3.8, 4) is 0 Å². The van der Waals surface area contributed by atoms with Crippen molar-refractivity contribution >= 4 is 0 Å². The van der Waals surface area contributed by atoms with Gasteiger partial charge in [0.1, 0.15) is 5.82 Å². The van der Waals surface area contributed by atoms with Crippen molar-refractivity contribution in [1.82, 2.24) is 14.9 Å². The molecule has 0 amide bonds. The summed E-state index contributed by atoms with van der Waals surface area (Å²) >= 11 is 0. The molecule has 1 aromatic rings. The highest BCUT2D eigenvalue weighted by atomic mass is 16.5. The molecule has 17 heavy (non-hydrogen) atoms. The third-order valence-electron chi connectivity index (χ3n) is 2.55. The minimum atomic E-state index is 0.632. The van der Waals surface area contributed by atoms with Crippen molar-refractivity contribution in [3.05, 3.63) is 18.2 Å². The number of hydrogen-bond acceptors (Lipinski definition) is 3. The van der Waals surface area contributed by atoms with E-state index in [-0.39, 0.29) is 0 Å². The second-order valence-corrected chi connectivity index (χ2v) is 4.74. The molecule has 1 heterocycles. The Morgan fingerprint density at radius 3 is 2.88 bits per heavy atom. The molecular weight excluding hydrogens is 214 g/mol. The van der Waals surface area contributed by atoms with E-state index in [1.165, 1.54) is 0 Å². The Hall–Kier alpha value is -0.870. The first-order valence-corrected chi connectivity index (χ1v) is 6.46. The first kappa shape index (κ1) is 14.2. The van der Waals surface area contributed by atoms with Crippen LogP contribution in [-0.4, -0.2) is 35.9 Å². The fourth-order valence-electron chi connectivity index (χ4n) is 1.58. The zero-order valence-electron chi connectivity index (χ0n) is 11.3. The summed E-state index contributed by atoms with van der Waals surface area (Å²) in [4.78, 5) is 4.19. The lowest BCUT2D eigenvalue weighted by molar-refractivity contribution is 0.108. The van der Waals surface area contributed by atoms with Crippen molar-refractivity contribution in [2.24, 2.45) is 5.92 Å². The number of hydrogen-bond donors (Lipinski definition) is 1. The standard InChI is InChI=1S/C13H25N3O/c1-12(2)11-17-10-4-5-14-6-8-16-9-7-15-13(16)3/h7,9,12,14H,4-6,8,10-11H2,1-3H3. The van der Waals surface area contributed by atoms with E-state index in [1.54, 1.807) is 0 Å². The lowest BCUT2D eigenvalue weighted by atomic mass is 10.2. The maximum absolute atomic E-state index is 5.51. The Labute approximate surface area is 104 Å². The molecule has 4 heteroatoms. The Kier molecular flexibility index (Phi) is 6.89. The third-order valence-corrected chi connectivity index (χ3v) is 2.55. The van der Waals surface area contributed by atoms with Crippen LogP contribution in [0.4, 0.5) is 0 Å². The number of rotatable bonds is 9. The maximum Gasteiger partial charge on any atom is 0.105 e. The molecule has 0 aliphatic rings. The predicted octanol–water partition coefficient (Wildman–Crippen LogP) is 1.84. The molecule has 1 rings (SSSR count). The fourth-order valence-corrected chi connectivity index (χ4v) is 1.58. The van der Waals surface area contributed by atoms with Gasteiger partial charge in [0, 0.05) is 38.7 Å².